The van der Waals surface area contributed by atoms with Crippen LogP contribution in [0.15, 0.2) is 0 Å². The van der Waals surface area contributed by atoms with E-state index in [1.165, 1.54) is 0 Å². The predicted molar refractivity (Wildman–Crippen MR) is 80.3 cm³/mol. The Kier molecular flexibility index (Phi) is 6.68. The molecule has 5 nitrogen and oxygen atoms in total. The fourth-order valence-electron chi connectivity index (χ4n) is 2.01. The molecule has 0 saturated carbocycles. The first kappa shape index (κ1) is 18.9. The van der Waals surface area contributed by atoms with E-state index in [9.17, 15) is 14.7 Å². The highest BCUT2D eigenvalue weighted by molar-refractivity contribution is 5.80. The van der Waals surface area contributed by atoms with Gasteiger partial charge in [-0.15, -0.1) is 0 Å². The van der Waals surface area contributed by atoms with Crippen LogP contribution in [0, 0.1) is 17.3 Å². The molecule has 0 radical (unpaired) electrons. The molecule has 0 aliphatic heterocycles. The zero-order valence-corrected chi connectivity index (χ0v) is 13.6. The van der Waals surface area contributed by atoms with Crippen LogP contribution in [0.25, 0.3) is 0 Å². The Morgan fingerprint density at radius 1 is 1.20 bits per heavy atom. The number of hydrogen-bond acceptors (Lipinski definition) is 3. The van der Waals surface area contributed by atoms with E-state index in [0.717, 1.165) is 6.42 Å². The van der Waals surface area contributed by atoms with Crippen molar-refractivity contribution in [3.8, 4) is 0 Å². The number of rotatable bonds is 8. The maximum absolute atomic E-state index is 12.1. The van der Waals surface area contributed by atoms with Crippen LogP contribution < -0.4 is 11.1 Å². The van der Waals surface area contributed by atoms with Crippen molar-refractivity contribution < 1.29 is 14.7 Å². The molecule has 0 bridgehead atoms. The zero-order valence-electron chi connectivity index (χ0n) is 13.6. The molecule has 0 saturated heterocycles. The number of carbonyl (C=O) groups excluding carboxylic acids is 1. The van der Waals surface area contributed by atoms with Crippen LogP contribution in [0.3, 0.4) is 0 Å². The molecule has 0 fully saturated rings. The van der Waals surface area contributed by atoms with Crippen LogP contribution >= 0.6 is 0 Å². The first-order chi connectivity index (χ1) is 8.94. The first-order valence-electron chi connectivity index (χ1n) is 7.18. The first-order valence-corrected chi connectivity index (χ1v) is 7.18. The molecule has 1 unspecified atom stereocenters. The summed E-state index contributed by atoms with van der Waals surface area (Å²) in [5.41, 5.74) is 3.82. The normalized spacial score (nSPS) is 14.2. The molecule has 5 heteroatoms. The molecular weight excluding hydrogens is 256 g/mol. The molecular formula is C15H30N2O3. The van der Waals surface area contributed by atoms with E-state index in [4.69, 9.17) is 5.73 Å². The lowest BCUT2D eigenvalue weighted by molar-refractivity contribution is -0.151. The number of nitrogens with one attached hydrogen (secondary N) is 1. The summed E-state index contributed by atoms with van der Waals surface area (Å²) in [6.45, 7) is 11.4. The summed E-state index contributed by atoms with van der Waals surface area (Å²) in [4.78, 5) is 23.4. The highest BCUT2D eigenvalue weighted by Gasteiger charge is 2.44. The second kappa shape index (κ2) is 7.07. The molecule has 0 aliphatic carbocycles. The van der Waals surface area contributed by atoms with Gasteiger partial charge in [-0.1, -0.05) is 13.8 Å². The summed E-state index contributed by atoms with van der Waals surface area (Å²) in [6.07, 6.45) is 1.24. The molecule has 4 N–H and O–H groups in total. The third kappa shape index (κ3) is 5.12. The van der Waals surface area contributed by atoms with Crippen molar-refractivity contribution in [2.45, 2.75) is 59.9 Å². The van der Waals surface area contributed by atoms with Gasteiger partial charge in [0.25, 0.3) is 0 Å². The van der Waals surface area contributed by atoms with E-state index in [-0.39, 0.29) is 11.8 Å². The lowest BCUT2D eigenvalue weighted by atomic mass is 9.74. The van der Waals surface area contributed by atoms with Crippen molar-refractivity contribution in [3.05, 3.63) is 0 Å². The monoisotopic (exact) mass is 286 g/mol. The molecule has 0 aromatic carbocycles. The van der Waals surface area contributed by atoms with E-state index in [0.29, 0.717) is 18.9 Å². The summed E-state index contributed by atoms with van der Waals surface area (Å²) in [5.74, 6) is -0.445. The largest absolute Gasteiger partial charge is 0.481 e. The number of carbonyl (C=O) groups is 2. The Bertz CT molecular complexity index is 349. The van der Waals surface area contributed by atoms with Gasteiger partial charge in [0.15, 0.2) is 0 Å². The van der Waals surface area contributed by atoms with Crippen molar-refractivity contribution in [2.24, 2.45) is 23.0 Å². The average Bonchev–Trinajstić information content (AvgIpc) is 2.25. The predicted octanol–water partition coefficient (Wildman–Crippen LogP) is 2.00. The second-order valence-electron chi connectivity index (χ2n) is 7.04. The molecule has 0 aromatic rings. The summed E-state index contributed by atoms with van der Waals surface area (Å²) in [7, 11) is 0. The number of amides is 1. The van der Waals surface area contributed by atoms with E-state index in [1.807, 2.05) is 0 Å². The number of hydrogen-bond donors (Lipinski definition) is 3. The van der Waals surface area contributed by atoms with Crippen LogP contribution in [0.5, 0.6) is 0 Å². The molecule has 0 spiro atoms. The van der Waals surface area contributed by atoms with Gasteiger partial charge in [-0.25, -0.2) is 0 Å². The van der Waals surface area contributed by atoms with Gasteiger partial charge < -0.3 is 16.2 Å². The number of carboxylic acid groups (broad SMARTS) is 1. The molecule has 0 rings (SSSR count). The molecule has 118 valence electrons. The molecule has 20 heavy (non-hydrogen) atoms. The maximum atomic E-state index is 12.1. The smallest absolute Gasteiger partial charge is 0.311 e. The number of carboxylic acids is 1. The maximum Gasteiger partial charge on any atom is 0.311 e. The Hall–Kier alpha value is -1.10. The van der Waals surface area contributed by atoms with E-state index >= 15 is 0 Å². The van der Waals surface area contributed by atoms with Crippen LogP contribution in [-0.2, 0) is 9.59 Å². The van der Waals surface area contributed by atoms with Gasteiger partial charge in [-0.3, -0.25) is 9.59 Å². The summed E-state index contributed by atoms with van der Waals surface area (Å²) in [6, 6.07) is 0. The van der Waals surface area contributed by atoms with Gasteiger partial charge in [0.2, 0.25) is 5.91 Å². The number of aliphatic carboxylic acids is 1. The van der Waals surface area contributed by atoms with Crippen molar-refractivity contribution in [1.29, 1.82) is 0 Å². The van der Waals surface area contributed by atoms with Gasteiger partial charge >= 0.3 is 5.97 Å². The highest BCUT2D eigenvalue weighted by atomic mass is 16.4. The van der Waals surface area contributed by atoms with E-state index in [2.05, 4.69) is 19.2 Å². The fourth-order valence-corrected chi connectivity index (χ4v) is 2.01. The number of nitrogens with two attached hydrogens (primary N) is 1. The van der Waals surface area contributed by atoms with Gasteiger partial charge in [-0.05, 0) is 52.5 Å². The second-order valence-corrected chi connectivity index (χ2v) is 7.04. The average molecular weight is 286 g/mol. The Morgan fingerprint density at radius 2 is 1.70 bits per heavy atom. The topological polar surface area (TPSA) is 92.4 Å². The lowest BCUT2D eigenvalue weighted by Gasteiger charge is -2.39. The van der Waals surface area contributed by atoms with Gasteiger partial charge in [0.1, 0.15) is 0 Å². The Balaban J connectivity index is 4.70. The van der Waals surface area contributed by atoms with Crippen molar-refractivity contribution in [2.75, 3.05) is 6.54 Å². The third-order valence-corrected chi connectivity index (χ3v) is 4.16. The van der Waals surface area contributed by atoms with Crippen molar-refractivity contribution >= 4 is 11.9 Å². The Morgan fingerprint density at radius 3 is 2.05 bits per heavy atom. The quantitative estimate of drug-likeness (QED) is 0.636. The van der Waals surface area contributed by atoms with Gasteiger partial charge in [-0.2, -0.15) is 0 Å². The molecule has 1 amide bonds. The minimum atomic E-state index is -1.04. The highest BCUT2D eigenvalue weighted by Crippen LogP contribution is 2.31. The van der Waals surface area contributed by atoms with E-state index in [1.54, 1.807) is 27.7 Å². The summed E-state index contributed by atoms with van der Waals surface area (Å²) < 4.78 is 0. The molecule has 0 heterocycles. The van der Waals surface area contributed by atoms with Crippen LogP contribution in [0.4, 0.5) is 0 Å². The van der Waals surface area contributed by atoms with Gasteiger partial charge in [0.05, 0.1) is 5.41 Å². The minimum absolute atomic E-state index is 0.138. The zero-order chi connectivity index (χ0) is 16.1. The van der Waals surface area contributed by atoms with E-state index < -0.39 is 16.9 Å². The fraction of sp³-hybridized carbons (Fsp3) is 0.867. The molecule has 0 aromatic heterocycles. The van der Waals surface area contributed by atoms with Gasteiger partial charge in [0, 0.05) is 12.0 Å². The van der Waals surface area contributed by atoms with Crippen LogP contribution in [0.2, 0.25) is 0 Å². The lowest BCUT2D eigenvalue weighted by Crippen LogP contribution is -2.57. The van der Waals surface area contributed by atoms with Crippen LogP contribution in [0.1, 0.15) is 54.4 Å². The van der Waals surface area contributed by atoms with Crippen molar-refractivity contribution in [1.82, 2.24) is 5.32 Å². The van der Waals surface area contributed by atoms with Crippen LogP contribution in [-0.4, -0.2) is 29.1 Å². The standard InChI is InChI=1S/C15H30N2O3/c1-10(2)7-11(9-16)8-12(18)17-15(5,6)14(3,4)13(19)20/h10-11H,7-9,16H2,1-6H3,(H,17,18)(H,19,20). The SMILES string of the molecule is CC(C)CC(CN)CC(=O)NC(C)(C)C(C)(C)C(=O)O. The Labute approximate surface area is 122 Å². The molecule has 1 atom stereocenters. The third-order valence-electron chi connectivity index (χ3n) is 4.16. The summed E-state index contributed by atoms with van der Waals surface area (Å²) in [5, 5.41) is 12.1. The van der Waals surface area contributed by atoms with Crippen molar-refractivity contribution in [3.63, 3.8) is 0 Å². The summed E-state index contributed by atoms with van der Waals surface area (Å²) >= 11 is 0. The minimum Gasteiger partial charge on any atom is -0.481 e. The molecule has 0 aliphatic rings.